The zero-order valence-electron chi connectivity index (χ0n) is 17.7. The number of hydrogen-bond donors (Lipinski definition) is 0. The van der Waals surface area contributed by atoms with Crippen molar-refractivity contribution >= 4 is 22.0 Å². The van der Waals surface area contributed by atoms with Gasteiger partial charge in [-0.3, -0.25) is 0 Å². The second-order valence-electron chi connectivity index (χ2n) is 8.54. The minimum Gasteiger partial charge on any atom is -0.493 e. The number of ether oxygens (including phenoxy) is 1. The predicted molar refractivity (Wildman–Crippen MR) is 128 cm³/mol. The minimum atomic E-state index is 0.346. The standard InChI is InChI=1S/C29H25NO/c1-20-9-7-10-21-16-17-22(19-31-23-11-3-2-4-12-23)28(27(20)21)29-24-13-5-6-14-25(24)30-18-8-15-26(29)30/h2-15,18,22H,16-17,19H2,1H3/b29-28-/t22-/m1/s1. The number of nitrogens with zero attached hydrogens (tertiary/aromatic N) is 1. The van der Waals surface area contributed by atoms with Crippen molar-refractivity contribution in [3.63, 3.8) is 0 Å². The Hall–Kier alpha value is -3.52. The lowest BCUT2D eigenvalue weighted by atomic mass is 9.77. The van der Waals surface area contributed by atoms with E-state index in [1.165, 1.54) is 43.9 Å². The Labute approximate surface area is 182 Å². The van der Waals surface area contributed by atoms with Crippen LogP contribution in [0.5, 0.6) is 5.75 Å². The molecule has 31 heavy (non-hydrogen) atoms. The quantitative estimate of drug-likeness (QED) is 0.362. The average Bonchev–Trinajstić information content (AvgIpc) is 3.39. The van der Waals surface area contributed by atoms with Gasteiger partial charge in [-0.25, -0.2) is 0 Å². The third-order valence-corrected chi connectivity index (χ3v) is 6.70. The molecule has 2 aromatic heterocycles. The fraction of sp³-hybridized carbons (Fsp3) is 0.172. The van der Waals surface area contributed by atoms with Gasteiger partial charge in [0.2, 0.25) is 0 Å². The maximum absolute atomic E-state index is 6.31. The Kier molecular flexibility index (Phi) is 4.31. The van der Waals surface area contributed by atoms with Gasteiger partial charge in [-0.15, -0.1) is 0 Å². The van der Waals surface area contributed by atoms with E-state index in [4.69, 9.17) is 4.74 Å². The Morgan fingerprint density at radius 2 is 1.65 bits per heavy atom. The van der Waals surface area contributed by atoms with E-state index >= 15 is 0 Å². The molecule has 1 aliphatic carbocycles. The average molecular weight is 404 g/mol. The second-order valence-corrected chi connectivity index (χ2v) is 8.54. The summed E-state index contributed by atoms with van der Waals surface area (Å²) in [6.45, 7) is 2.94. The Bertz CT molecular complexity index is 1440. The molecule has 0 spiro atoms. The molecule has 6 rings (SSSR count). The molecule has 3 aromatic carbocycles. The first-order chi connectivity index (χ1) is 15.3. The van der Waals surface area contributed by atoms with Crippen LogP contribution in [0.4, 0.5) is 0 Å². The molecule has 152 valence electrons. The summed E-state index contributed by atoms with van der Waals surface area (Å²) in [5.41, 5.74) is 8.24. The fourth-order valence-corrected chi connectivity index (χ4v) is 5.32. The number of fused-ring (bicyclic) bond motifs is 4. The topological polar surface area (TPSA) is 13.6 Å². The maximum Gasteiger partial charge on any atom is 0.119 e. The molecule has 0 bridgehead atoms. The number of benzene rings is 3. The van der Waals surface area contributed by atoms with Crippen molar-refractivity contribution in [3.05, 3.63) is 113 Å². The molecule has 0 saturated heterocycles. The van der Waals surface area contributed by atoms with Crippen molar-refractivity contribution in [2.45, 2.75) is 19.8 Å². The second kappa shape index (κ2) is 7.31. The van der Waals surface area contributed by atoms with E-state index in [-0.39, 0.29) is 0 Å². The van der Waals surface area contributed by atoms with Crippen molar-refractivity contribution in [2.24, 2.45) is 5.92 Å². The third kappa shape index (κ3) is 2.94. The first kappa shape index (κ1) is 18.3. The molecular weight excluding hydrogens is 378 g/mol. The predicted octanol–water partition coefficient (Wildman–Crippen LogP) is 5.96. The highest BCUT2D eigenvalue weighted by atomic mass is 16.5. The monoisotopic (exact) mass is 403 g/mol. The molecule has 0 radical (unpaired) electrons. The molecule has 1 atom stereocenters. The van der Waals surface area contributed by atoms with Gasteiger partial charge in [-0.1, -0.05) is 54.6 Å². The first-order valence-corrected chi connectivity index (χ1v) is 11.1. The number of aromatic nitrogens is 1. The molecule has 2 heteroatoms. The normalized spacial score (nSPS) is 17.8. The van der Waals surface area contributed by atoms with Crippen LogP contribution in [-0.2, 0) is 6.42 Å². The number of rotatable bonds is 3. The SMILES string of the molecule is Cc1cccc2c1/C(=c1/c3ccccc3n3cccc13)[C@@H](COc1ccccc1)CC2. The highest BCUT2D eigenvalue weighted by molar-refractivity contribution is 5.94. The van der Waals surface area contributed by atoms with Gasteiger partial charge >= 0.3 is 0 Å². The molecule has 0 unspecified atom stereocenters. The van der Waals surface area contributed by atoms with Crippen molar-refractivity contribution in [1.29, 1.82) is 0 Å². The summed E-state index contributed by atoms with van der Waals surface area (Å²) >= 11 is 0. The molecule has 1 aliphatic rings. The highest BCUT2D eigenvalue weighted by Gasteiger charge is 2.28. The lowest BCUT2D eigenvalue weighted by Gasteiger charge is -2.29. The fourth-order valence-electron chi connectivity index (χ4n) is 5.32. The molecule has 0 N–H and O–H groups in total. The van der Waals surface area contributed by atoms with Gasteiger partial charge in [0, 0.05) is 22.7 Å². The molecule has 0 fully saturated rings. The summed E-state index contributed by atoms with van der Waals surface area (Å²) in [6.07, 6.45) is 4.38. The van der Waals surface area contributed by atoms with Crippen molar-refractivity contribution in [1.82, 2.24) is 4.40 Å². The van der Waals surface area contributed by atoms with E-state index in [2.05, 4.69) is 72.1 Å². The van der Waals surface area contributed by atoms with Crippen LogP contribution in [0.25, 0.3) is 22.0 Å². The Balaban J connectivity index is 1.64. The van der Waals surface area contributed by atoms with Gasteiger partial charge in [0.25, 0.3) is 0 Å². The zero-order chi connectivity index (χ0) is 20.8. The maximum atomic E-state index is 6.31. The van der Waals surface area contributed by atoms with Crippen LogP contribution in [0, 0.1) is 12.8 Å². The summed E-state index contributed by atoms with van der Waals surface area (Å²) in [7, 11) is 0. The van der Waals surface area contributed by atoms with Crippen molar-refractivity contribution < 1.29 is 4.74 Å². The van der Waals surface area contributed by atoms with E-state index in [1.807, 2.05) is 30.3 Å². The number of hydrogen-bond acceptors (Lipinski definition) is 1. The summed E-state index contributed by atoms with van der Waals surface area (Å²) < 4.78 is 8.64. The van der Waals surface area contributed by atoms with Crippen LogP contribution in [0.2, 0.25) is 0 Å². The largest absolute Gasteiger partial charge is 0.493 e. The van der Waals surface area contributed by atoms with Gasteiger partial charge in [-0.2, -0.15) is 0 Å². The zero-order valence-corrected chi connectivity index (χ0v) is 17.7. The number of para-hydroxylation sites is 2. The molecule has 5 aromatic rings. The minimum absolute atomic E-state index is 0.346. The summed E-state index contributed by atoms with van der Waals surface area (Å²) in [6, 6.07) is 30.1. The van der Waals surface area contributed by atoms with Crippen molar-refractivity contribution in [3.8, 4) is 5.75 Å². The van der Waals surface area contributed by atoms with Gasteiger partial charge in [0.05, 0.1) is 17.6 Å². The summed E-state index contributed by atoms with van der Waals surface area (Å²) in [5, 5.41) is 2.70. The van der Waals surface area contributed by atoms with Crippen LogP contribution in [0.3, 0.4) is 0 Å². The number of aryl methyl sites for hydroxylation is 2. The third-order valence-electron chi connectivity index (χ3n) is 6.70. The molecule has 0 saturated carbocycles. The van der Waals surface area contributed by atoms with E-state index in [0.717, 1.165) is 18.6 Å². The van der Waals surface area contributed by atoms with Crippen LogP contribution in [-0.4, -0.2) is 11.0 Å². The highest BCUT2D eigenvalue weighted by Crippen LogP contribution is 2.37. The Morgan fingerprint density at radius 1 is 0.839 bits per heavy atom. The van der Waals surface area contributed by atoms with Crippen LogP contribution >= 0.6 is 0 Å². The molecule has 2 heterocycles. The smallest absolute Gasteiger partial charge is 0.119 e. The van der Waals surface area contributed by atoms with Crippen molar-refractivity contribution in [2.75, 3.05) is 6.61 Å². The van der Waals surface area contributed by atoms with E-state index in [9.17, 15) is 0 Å². The van der Waals surface area contributed by atoms with Crippen LogP contribution < -0.4 is 9.96 Å². The van der Waals surface area contributed by atoms with Gasteiger partial charge in [0.15, 0.2) is 0 Å². The van der Waals surface area contributed by atoms with E-state index in [1.54, 1.807) is 0 Å². The van der Waals surface area contributed by atoms with E-state index < -0.39 is 0 Å². The molecule has 0 amide bonds. The van der Waals surface area contributed by atoms with Gasteiger partial charge < -0.3 is 9.14 Å². The lowest BCUT2D eigenvalue weighted by molar-refractivity contribution is 0.271. The van der Waals surface area contributed by atoms with Gasteiger partial charge in [-0.05, 0) is 72.4 Å². The molecular formula is C29H25NO. The molecule has 2 nitrogen and oxygen atoms in total. The first-order valence-electron chi connectivity index (χ1n) is 11.1. The van der Waals surface area contributed by atoms with E-state index in [0.29, 0.717) is 12.5 Å². The lowest BCUT2D eigenvalue weighted by Crippen LogP contribution is -2.26. The van der Waals surface area contributed by atoms with Crippen LogP contribution in [0.1, 0.15) is 23.1 Å². The van der Waals surface area contributed by atoms with Gasteiger partial charge in [0.1, 0.15) is 5.75 Å². The summed E-state index contributed by atoms with van der Waals surface area (Å²) in [4.78, 5) is 0. The molecule has 0 aliphatic heterocycles. The summed E-state index contributed by atoms with van der Waals surface area (Å²) in [5.74, 6) is 1.29. The van der Waals surface area contributed by atoms with Crippen LogP contribution in [0.15, 0.2) is 91.1 Å². The Morgan fingerprint density at radius 3 is 2.55 bits per heavy atom.